The fourth-order valence-electron chi connectivity index (χ4n) is 2.31. The Labute approximate surface area is 127 Å². The second-order valence-corrected chi connectivity index (χ2v) is 6.47. The quantitative estimate of drug-likeness (QED) is 0.788. The van der Waals surface area contributed by atoms with Crippen molar-refractivity contribution in [2.24, 2.45) is 5.92 Å². The third kappa shape index (κ3) is 3.63. The fraction of sp³-hybridized carbons (Fsp3) is 0.500. The first kappa shape index (κ1) is 14.7. The minimum Gasteiger partial charge on any atom is -0.324 e. The highest BCUT2D eigenvalue weighted by molar-refractivity contribution is 9.10. The van der Waals surface area contributed by atoms with E-state index in [2.05, 4.69) is 28.2 Å². The first-order valence-electron chi connectivity index (χ1n) is 6.49. The molecule has 3 nitrogen and oxygen atoms in total. The summed E-state index contributed by atoms with van der Waals surface area (Å²) in [6, 6.07) is 3.65. The van der Waals surface area contributed by atoms with Crippen molar-refractivity contribution in [3.05, 3.63) is 27.2 Å². The van der Waals surface area contributed by atoms with Gasteiger partial charge in [-0.25, -0.2) is 4.79 Å². The van der Waals surface area contributed by atoms with Gasteiger partial charge >= 0.3 is 6.03 Å². The zero-order valence-electron chi connectivity index (χ0n) is 11.2. The van der Waals surface area contributed by atoms with Crippen molar-refractivity contribution in [3.8, 4) is 0 Å². The van der Waals surface area contributed by atoms with Gasteiger partial charge in [0.15, 0.2) is 0 Å². The summed E-state index contributed by atoms with van der Waals surface area (Å²) >= 11 is 9.55. The van der Waals surface area contributed by atoms with Gasteiger partial charge in [0.2, 0.25) is 0 Å². The van der Waals surface area contributed by atoms with Crippen LogP contribution < -0.4 is 5.32 Å². The molecule has 0 bridgehead atoms. The summed E-state index contributed by atoms with van der Waals surface area (Å²) in [5.41, 5.74) is 1.71. The highest BCUT2D eigenvalue weighted by Gasteiger charge is 2.21. The molecule has 19 heavy (non-hydrogen) atoms. The number of nitrogens with one attached hydrogen (secondary N) is 1. The highest BCUT2D eigenvalue weighted by atomic mass is 79.9. The van der Waals surface area contributed by atoms with E-state index in [0.717, 1.165) is 35.2 Å². The van der Waals surface area contributed by atoms with E-state index in [0.29, 0.717) is 10.9 Å². The van der Waals surface area contributed by atoms with E-state index in [1.807, 2.05) is 17.9 Å². The van der Waals surface area contributed by atoms with Crippen molar-refractivity contribution in [3.63, 3.8) is 0 Å². The smallest absolute Gasteiger partial charge is 0.321 e. The summed E-state index contributed by atoms with van der Waals surface area (Å²) in [5, 5.41) is 3.58. The van der Waals surface area contributed by atoms with Crippen LogP contribution in [0.15, 0.2) is 16.6 Å². The summed E-state index contributed by atoms with van der Waals surface area (Å²) in [6.45, 7) is 5.76. The number of aryl methyl sites for hydroxylation is 1. The van der Waals surface area contributed by atoms with Gasteiger partial charge in [-0.05, 0) is 59.3 Å². The van der Waals surface area contributed by atoms with Gasteiger partial charge in [-0.2, -0.15) is 0 Å². The zero-order chi connectivity index (χ0) is 14.0. The predicted molar refractivity (Wildman–Crippen MR) is 82.9 cm³/mol. The van der Waals surface area contributed by atoms with Crippen LogP contribution in [0.25, 0.3) is 0 Å². The predicted octanol–water partition coefficient (Wildman–Crippen LogP) is 4.67. The lowest BCUT2D eigenvalue weighted by atomic mass is 10.0. The van der Waals surface area contributed by atoms with Crippen LogP contribution >= 0.6 is 27.5 Å². The highest BCUT2D eigenvalue weighted by Crippen LogP contribution is 2.29. The molecule has 1 fully saturated rings. The average molecular weight is 346 g/mol. The maximum Gasteiger partial charge on any atom is 0.321 e. The molecule has 0 spiro atoms. The number of urea groups is 1. The van der Waals surface area contributed by atoms with Crippen molar-refractivity contribution in [2.45, 2.75) is 26.7 Å². The molecular weight excluding hydrogens is 328 g/mol. The number of hydrogen-bond acceptors (Lipinski definition) is 1. The molecule has 1 unspecified atom stereocenters. The molecule has 1 aliphatic rings. The Balaban J connectivity index is 2.08. The number of hydrogen-bond donors (Lipinski definition) is 1. The lowest BCUT2D eigenvalue weighted by Crippen LogP contribution is -2.41. The molecule has 2 amide bonds. The van der Waals surface area contributed by atoms with Crippen LogP contribution in [0, 0.1) is 12.8 Å². The zero-order valence-corrected chi connectivity index (χ0v) is 13.5. The SMILES string of the molecule is Cc1cc(Br)c(NC(=O)N2CCCC(C)C2)cc1Cl. The van der Waals surface area contributed by atoms with Crippen LogP contribution in [-0.2, 0) is 0 Å². The molecule has 0 radical (unpaired) electrons. The number of likely N-dealkylation sites (tertiary alicyclic amines) is 1. The van der Waals surface area contributed by atoms with Crippen LogP contribution in [0.5, 0.6) is 0 Å². The minimum absolute atomic E-state index is 0.0489. The molecule has 1 aromatic rings. The summed E-state index contributed by atoms with van der Waals surface area (Å²) < 4.78 is 0.854. The standard InChI is InChI=1S/C14H18BrClN2O/c1-9-4-3-5-18(8-9)14(19)17-13-7-12(16)10(2)6-11(13)15/h6-7,9H,3-5,8H2,1-2H3,(H,17,19). The molecule has 1 N–H and O–H groups in total. The Morgan fingerprint density at radius 1 is 1.53 bits per heavy atom. The first-order chi connectivity index (χ1) is 8.97. The number of amides is 2. The van der Waals surface area contributed by atoms with Gasteiger partial charge in [-0.1, -0.05) is 18.5 Å². The Morgan fingerprint density at radius 2 is 2.26 bits per heavy atom. The topological polar surface area (TPSA) is 32.3 Å². The van der Waals surface area contributed by atoms with Crippen LogP contribution in [0.1, 0.15) is 25.3 Å². The number of benzene rings is 1. The molecule has 0 aliphatic carbocycles. The van der Waals surface area contributed by atoms with E-state index in [9.17, 15) is 4.79 Å². The van der Waals surface area contributed by atoms with Crippen LogP contribution in [-0.4, -0.2) is 24.0 Å². The van der Waals surface area contributed by atoms with E-state index in [4.69, 9.17) is 11.6 Å². The molecular formula is C14H18BrClN2O. The van der Waals surface area contributed by atoms with Crippen LogP contribution in [0.4, 0.5) is 10.5 Å². The maximum absolute atomic E-state index is 12.2. The maximum atomic E-state index is 12.2. The second kappa shape index (κ2) is 6.14. The van der Waals surface area contributed by atoms with E-state index < -0.39 is 0 Å². The third-order valence-corrected chi connectivity index (χ3v) is 4.50. The van der Waals surface area contributed by atoms with Crippen molar-refractivity contribution in [2.75, 3.05) is 18.4 Å². The van der Waals surface area contributed by atoms with Gasteiger partial charge < -0.3 is 10.2 Å². The average Bonchev–Trinajstić information content (AvgIpc) is 2.36. The number of carbonyl (C=O) groups excluding carboxylic acids is 1. The summed E-state index contributed by atoms with van der Waals surface area (Å²) in [6.07, 6.45) is 2.27. The number of carbonyl (C=O) groups is 1. The second-order valence-electron chi connectivity index (χ2n) is 5.20. The van der Waals surface area contributed by atoms with E-state index >= 15 is 0 Å². The molecule has 1 atom stereocenters. The van der Waals surface area contributed by atoms with Gasteiger partial charge in [-0.3, -0.25) is 0 Å². The molecule has 0 saturated carbocycles. The first-order valence-corrected chi connectivity index (χ1v) is 7.66. The monoisotopic (exact) mass is 344 g/mol. The minimum atomic E-state index is -0.0489. The van der Waals surface area contributed by atoms with Gasteiger partial charge in [0.1, 0.15) is 0 Å². The fourth-order valence-corrected chi connectivity index (χ4v) is 3.03. The number of nitrogens with zero attached hydrogens (tertiary/aromatic N) is 1. The van der Waals surface area contributed by atoms with Gasteiger partial charge in [-0.15, -0.1) is 0 Å². The molecule has 1 aliphatic heterocycles. The Morgan fingerprint density at radius 3 is 2.95 bits per heavy atom. The van der Waals surface area contributed by atoms with E-state index in [1.165, 1.54) is 6.42 Å². The van der Waals surface area contributed by atoms with Crippen molar-refractivity contribution >= 4 is 39.2 Å². The summed E-state index contributed by atoms with van der Waals surface area (Å²) in [4.78, 5) is 14.1. The molecule has 2 rings (SSSR count). The number of anilines is 1. The summed E-state index contributed by atoms with van der Waals surface area (Å²) in [5.74, 6) is 0.574. The van der Waals surface area contributed by atoms with Gasteiger partial charge in [0.05, 0.1) is 5.69 Å². The normalized spacial score (nSPS) is 19.4. The van der Waals surface area contributed by atoms with Crippen molar-refractivity contribution in [1.82, 2.24) is 4.90 Å². The lowest BCUT2D eigenvalue weighted by molar-refractivity contribution is 0.182. The largest absolute Gasteiger partial charge is 0.324 e. The van der Waals surface area contributed by atoms with Crippen LogP contribution in [0.3, 0.4) is 0 Å². The van der Waals surface area contributed by atoms with Crippen molar-refractivity contribution in [1.29, 1.82) is 0 Å². The Hall–Kier alpha value is -0.740. The third-order valence-electron chi connectivity index (χ3n) is 3.43. The Bertz CT molecular complexity index is 493. The molecule has 1 saturated heterocycles. The molecule has 0 aromatic heterocycles. The Kier molecular flexibility index (Phi) is 4.74. The van der Waals surface area contributed by atoms with Gasteiger partial charge in [0, 0.05) is 22.6 Å². The number of rotatable bonds is 1. The molecule has 5 heteroatoms. The van der Waals surface area contributed by atoms with E-state index in [-0.39, 0.29) is 6.03 Å². The van der Waals surface area contributed by atoms with Gasteiger partial charge in [0.25, 0.3) is 0 Å². The number of halogens is 2. The molecule has 104 valence electrons. The van der Waals surface area contributed by atoms with Crippen molar-refractivity contribution < 1.29 is 4.79 Å². The van der Waals surface area contributed by atoms with E-state index in [1.54, 1.807) is 6.07 Å². The lowest BCUT2D eigenvalue weighted by Gasteiger charge is -2.31. The molecule has 1 aromatic carbocycles. The number of piperidine rings is 1. The summed E-state index contributed by atoms with van der Waals surface area (Å²) in [7, 11) is 0. The molecule has 1 heterocycles. The van der Waals surface area contributed by atoms with Crippen LogP contribution in [0.2, 0.25) is 5.02 Å².